The molecule has 1 saturated heterocycles. The summed E-state index contributed by atoms with van der Waals surface area (Å²) >= 11 is 0. The Balaban J connectivity index is 1.44. The maximum atomic E-state index is 12.5. The van der Waals surface area contributed by atoms with Crippen LogP contribution in [0.4, 0.5) is 5.69 Å². The first-order valence-corrected chi connectivity index (χ1v) is 11.2. The number of amides is 2. The van der Waals surface area contributed by atoms with Crippen LogP contribution in [0.1, 0.15) is 50.0 Å². The third-order valence-corrected chi connectivity index (χ3v) is 6.38. The van der Waals surface area contributed by atoms with Gasteiger partial charge >= 0.3 is 0 Å². The lowest BCUT2D eigenvalue weighted by Crippen LogP contribution is -2.47. The zero-order valence-electron chi connectivity index (χ0n) is 18.3. The van der Waals surface area contributed by atoms with Crippen molar-refractivity contribution in [3.63, 3.8) is 0 Å². The monoisotopic (exact) mass is 431 g/mol. The smallest absolute Gasteiger partial charge is 0.238 e. The quantitative estimate of drug-likeness (QED) is 0.607. The van der Waals surface area contributed by atoms with Crippen molar-refractivity contribution in [3.05, 3.63) is 23.8 Å². The number of carbonyl (C=O) groups is 2. The summed E-state index contributed by atoms with van der Waals surface area (Å²) in [5.74, 6) is 0.688. The molecule has 2 aliphatic heterocycles. The highest BCUT2D eigenvalue weighted by molar-refractivity contribution is 5.92. The molecule has 0 bridgehead atoms. The van der Waals surface area contributed by atoms with Crippen molar-refractivity contribution in [3.8, 4) is 5.75 Å². The third-order valence-electron chi connectivity index (χ3n) is 6.38. The lowest BCUT2D eigenvalue weighted by molar-refractivity contribution is -0.142. The Bertz CT molecular complexity index is 808. The van der Waals surface area contributed by atoms with E-state index in [0.29, 0.717) is 13.0 Å². The summed E-state index contributed by atoms with van der Waals surface area (Å²) in [6.07, 6.45) is 4.30. The second-order valence-corrected chi connectivity index (χ2v) is 9.20. The minimum atomic E-state index is -0.484. The molecule has 8 heteroatoms. The molecule has 4 rings (SSSR count). The van der Waals surface area contributed by atoms with Gasteiger partial charge in [0.1, 0.15) is 18.0 Å². The van der Waals surface area contributed by atoms with Crippen LogP contribution < -0.4 is 15.4 Å². The van der Waals surface area contributed by atoms with Crippen molar-refractivity contribution in [2.45, 2.75) is 68.8 Å². The zero-order valence-corrected chi connectivity index (χ0v) is 18.3. The number of aliphatic hydroxyl groups is 1. The van der Waals surface area contributed by atoms with Crippen LogP contribution >= 0.6 is 0 Å². The highest BCUT2D eigenvalue weighted by Crippen LogP contribution is 2.47. The Labute approximate surface area is 183 Å². The van der Waals surface area contributed by atoms with E-state index in [0.717, 1.165) is 29.8 Å². The van der Waals surface area contributed by atoms with E-state index in [9.17, 15) is 14.7 Å². The zero-order chi connectivity index (χ0) is 22.0. The number of hydrogen-bond acceptors (Lipinski definition) is 6. The van der Waals surface area contributed by atoms with Gasteiger partial charge in [-0.25, -0.2) is 0 Å². The summed E-state index contributed by atoms with van der Waals surface area (Å²) in [6, 6.07) is 5.91. The van der Waals surface area contributed by atoms with Crippen LogP contribution in [0.3, 0.4) is 0 Å². The molecule has 3 N–H and O–H groups in total. The number of fused-ring (bicyclic) bond motifs is 3. The first-order chi connectivity index (χ1) is 14.9. The normalized spacial score (nSPS) is 27.5. The number of ether oxygens (including phenoxy) is 2. The highest BCUT2D eigenvalue weighted by atomic mass is 16.6. The number of benzene rings is 1. The fraction of sp³-hybridized carbons (Fsp3) is 0.652. The lowest BCUT2D eigenvalue weighted by Gasteiger charge is -2.37. The minimum Gasteiger partial charge on any atom is -0.487 e. The Hall–Kier alpha value is -2.16. The van der Waals surface area contributed by atoms with E-state index in [1.807, 2.05) is 37.2 Å². The highest BCUT2D eigenvalue weighted by Gasteiger charge is 2.46. The Kier molecular flexibility index (Phi) is 6.79. The second-order valence-electron chi connectivity index (χ2n) is 9.20. The van der Waals surface area contributed by atoms with E-state index in [1.54, 1.807) is 0 Å². The Morgan fingerprint density at radius 1 is 1.19 bits per heavy atom. The minimum absolute atomic E-state index is 0.0101. The Morgan fingerprint density at radius 2 is 1.97 bits per heavy atom. The second kappa shape index (κ2) is 9.54. The van der Waals surface area contributed by atoms with Crippen molar-refractivity contribution in [2.75, 3.05) is 32.6 Å². The van der Waals surface area contributed by atoms with Gasteiger partial charge in [-0.05, 0) is 51.6 Å². The first-order valence-electron chi connectivity index (χ1n) is 11.2. The number of nitrogens with one attached hydrogen (secondary N) is 2. The fourth-order valence-electron chi connectivity index (χ4n) is 5.02. The summed E-state index contributed by atoms with van der Waals surface area (Å²) < 4.78 is 12.1. The number of hydrogen-bond donors (Lipinski definition) is 3. The van der Waals surface area contributed by atoms with Crippen LogP contribution in [0, 0.1) is 0 Å². The number of carbonyl (C=O) groups excluding carboxylic acids is 2. The summed E-state index contributed by atoms with van der Waals surface area (Å²) in [7, 11) is 3.70. The van der Waals surface area contributed by atoms with Crippen molar-refractivity contribution >= 4 is 17.5 Å². The van der Waals surface area contributed by atoms with Gasteiger partial charge in [-0.15, -0.1) is 0 Å². The van der Waals surface area contributed by atoms with Gasteiger partial charge in [-0.1, -0.05) is 12.8 Å². The molecule has 1 aliphatic carbocycles. The van der Waals surface area contributed by atoms with Gasteiger partial charge in [-0.3, -0.25) is 9.59 Å². The van der Waals surface area contributed by atoms with Crippen LogP contribution in [0.5, 0.6) is 5.75 Å². The molecule has 8 nitrogen and oxygen atoms in total. The van der Waals surface area contributed by atoms with Crippen LogP contribution in [-0.4, -0.2) is 73.4 Å². The number of nitrogens with zero attached hydrogens (tertiary/aromatic N) is 1. The fourth-order valence-corrected chi connectivity index (χ4v) is 5.02. The average Bonchev–Trinajstić information content (AvgIpc) is 3.34. The van der Waals surface area contributed by atoms with Gasteiger partial charge in [0.15, 0.2) is 0 Å². The van der Waals surface area contributed by atoms with E-state index >= 15 is 0 Å². The van der Waals surface area contributed by atoms with Gasteiger partial charge < -0.3 is 30.1 Å². The van der Waals surface area contributed by atoms with Crippen molar-refractivity contribution < 1.29 is 24.2 Å². The van der Waals surface area contributed by atoms with Crippen molar-refractivity contribution in [1.29, 1.82) is 0 Å². The van der Waals surface area contributed by atoms with E-state index < -0.39 is 6.10 Å². The molecule has 2 fully saturated rings. The number of aliphatic hydroxyl groups excluding tert-OH is 1. The van der Waals surface area contributed by atoms with Gasteiger partial charge in [0.25, 0.3) is 0 Å². The SMILES string of the molecule is CN(C)CC(=O)Nc1ccc2c(c1)[C@H]1C[C@@H](CC(=O)NC3CCCC3)O[C@H](CO)[C@H]1O2. The third kappa shape index (κ3) is 5.19. The van der Waals surface area contributed by atoms with Gasteiger partial charge in [0.05, 0.1) is 25.7 Å². The predicted octanol–water partition coefficient (Wildman–Crippen LogP) is 1.63. The molecule has 170 valence electrons. The van der Waals surface area contributed by atoms with E-state index in [-0.39, 0.29) is 49.0 Å². The van der Waals surface area contributed by atoms with Gasteiger partial charge in [-0.2, -0.15) is 0 Å². The maximum absolute atomic E-state index is 12.5. The molecular formula is C23H33N3O5. The van der Waals surface area contributed by atoms with E-state index in [4.69, 9.17) is 9.47 Å². The molecule has 0 spiro atoms. The number of likely N-dealkylation sites (N-methyl/N-ethyl adjacent to an activating group) is 1. The molecule has 2 amide bonds. The van der Waals surface area contributed by atoms with Crippen LogP contribution in [-0.2, 0) is 14.3 Å². The average molecular weight is 432 g/mol. The topological polar surface area (TPSA) is 100 Å². The molecule has 0 unspecified atom stereocenters. The summed E-state index contributed by atoms with van der Waals surface area (Å²) in [5.41, 5.74) is 1.72. The number of rotatable bonds is 7. The molecule has 31 heavy (non-hydrogen) atoms. The predicted molar refractivity (Wildman–Crippen MR) is 116 cm³/mol. The van der Waals surface area contributed by atoms with Crippen molar-refractivity contribution in [2.24, 2.45) is 0 Å². The van der Waals surface area contributed by atoms with Gasteiger partial charge in [0, 0.05) is 23.2 Å². The summed E-state index contributed by atoms with van der Waals surface area (Å²) in [5, 5.41) is 15.9. The molecule has 3 aliphatic rings. The molecule has 2 heterocycles. The van der Waals surface area contributed by atoms with Crippen LogP contribution in [0.2, 0.25) is 0 Å². The lowest BCUT2D eigenvalue weighted by atomic mass is 9.84. The maximum Gasteiger partial charge on any atom is 0.238 e. The van der Waals surface area contributed by atoms with E-state index in [2.05, 4.69) is 10.6 Å². The first kappa shape index (κ1) is 22.0. The molecule has 1 saturated carbocycles. The van der Waals surface area contributed by atoms with Gasteiger partial charge in [0.2, 0.25) is 11.8 Å². The molecule has 4 atom stereocenters. The summed E-state index contributed by atoms with van der Waals surface area (Å²) in [6.45, 7) is 0.139. The largest absolute Gasteiger partial charge is 0.487 e. The van der Waals surface area contributed by atoms with E-state index in [1.165, 1.54) is 12.8 Å². The molecular weight excluding hydrogens is 398 g/mol. The molecule has 0 aromatic heterocycles. The molecule has 1 aromatic rings. The van der Waals surface area contributed by atoms with Crippen molar-refractivity contribution in [1.82, 2.24) is 10.2 Å². The standard InChI is InChI=1S/C23H33N3O5/c1-26(2)12-22(29)25-15-7-8-19-17(9-15)18-10-16(30-20(13-27)23(18)31-19)11-21(28)24-14-5-3-4-6-14/h7-9,14,16,18,20,23,27H,3-6,10-13H2,1-2H3,(H,24,28)(H,25,29)/t16-,18+,20+,23-/m0/s1. The summed E-state index contributed by atoms with van der Waals surface area (Å²) in [4.78, 5) is 26.5. The van der Waals surface area contributed by atoms with Crippen LogP contribution in [0.25, 0.3) is 0 Å². The number of anilines is 1. The Morgan fingerprint density at radius 3 is 2.68 bits per heavy atom. The molecule has 0 radical (unpaired) electrons. The molecule has 1 aromatic carbocycles. The van der Waals surface area contributed by atoms with Crippen LogP contribution in [0.15, 0.2) is 18.2 Å².